The molecule has 1 aliphatic heterocycles. The van der Waals surface area contributed by atoms with Crippen LogP contribution in [0, 0.1) is 5.92 Å². The molecule has 0 unspecified atom stereocenters. The predicted octanol–water partition coefficient (Wildman–Crippen LogP) is 0.349. The first-order valence-electron chi connectivity index (χ1n) is 7.68. The average molecular weight is 355 g/mol. The number of hydrogen-bond donors (Lipinski definition) is 3. The van der Waals surface area contributed by atoms with Crippen molar-refractivity contribution in [3.63, 3.8) is 0 Å². The highest BCUT2D eigenvalue weighted by Gasteiger charge is 2.44. The summed E-state index contributed by atoms with van der Waals surface area (Å²) in [5, 5.41) is 20.5. The summed E-state index contributed by atoms with van der Waals surface area (Å²) in [4.78, 5) is 12.1. The Bertz CT molecular complexity index is 697. The van der Waals surface area contributed by atoms with Crippen molar-refractivity contribution >= 4 is 29.0 Å². The number of nitrogen functional groups attached to an aromatic ring is 1. The number of aliphatic hydroxyl groups is 2. The van der Waals surface area contributed by atoms with Gasteiger partial charge in [0, 0.05) is 5.75 Å². The average Bonchev–Trinajstić information content (AvgIpc) is 3.08. The summed E-state index contributed by atoms with van der Waals surface area (Å²) in [6.07, 6.45) is -0.859. The van der Waals surface area contributed by atoms with Gasteiger partial charge in [0.15, 0.2) is 17.7 Å². The quantitative estimate of drug-likeness (QED) is 0.496. The second-order valence-electron chi connectivity index (χ2n) is 6.09. The van der Waals surface area contributed by atoms with Crippen molar-refractivity contribution in [3.05, 3.63) is 12.7 Å². The zero-order valence-corrected chi connectivity index (χ0v) is 14.3. The van der Waals surface area contributed by atoms with Crippen LogP contribution in [-0.4, -0.2) is 60.4 Å². The smallest absolute Gasteiger partial charge is 0.167 e. The first-order valence-corrected chi connectivity index (χ1v) is 8.59. The van der Waals surface area contributed by atoms with E-state index in [0.29, 0.717) is 17.1 Å². The molecule has 3 rings (SSSR count). The summed E-state index contributed by atoms with van der Waals surface area (Å²) >= 11 is 1.33. The molecule has 0 saturated carbocycles. The summed E-state index contributed by atoms with van der Waals surface area (Å²) in [6.45, 7) is 4.36. The lowest BCUT2D eigenvalue weighted by molar-refractivity contribution is -0.0454. The van der Waals surface area contributed by atoms with E-state index >= 15 is 0 Å². The Morgan fingerprint density at radius 3 is 2.88 bits per heavy atom. The summed E-state index contributed by atoms with van der Waals surface area (Å²) in [5.74, 6) is 1.60. The van der Waals surface area contributed by atoms with Crippen LogP contribution in [-0.2, 0) is 8.92 Å². The molecular weight excluding hydrogens is 334 g/mol. The van der Waals surface area contributed by atoms with E-state index in [1.165, 1.54) is 24.7 Å². The predicted molar refractivity (Wildman–Crippen MR) is 88.9 cm³/mol. The molecule has 2 aromatic heterocycles. The second kappa shape index (κ2) is 7.19. The van der Waals surface area contributed by atoms with Crippen molar-refractivity contribution < 1.29 is 19.1 Å². The molecule has 0 bridgehead atoms. The molecule has 1 fully saturated rings. The molecule has 4 N–H and O–H groups in total. The molecule has 0 aliphatic carbocycles. The van der Waals surface area contributed by atoms with E-state index in [9.17, 15) is 10.2 Å². The highest BCUT2D eigenvalue weighted by Crippen LogP contribution is 2.32. The maximum atomic E-state index is 10.3. The van der Waals surface area contributed by atoms with Gasteiger partial charge in [-0.25, -0.2) is 15.0 Å². The van der Waals surface area contributed by atoms with E-state index in [4.69, 9.17) is 14.7 Å². The van der Waals surface area contributed by atoms with Crippen LogP contribution in [0.1, 0.15) is 20.1 Å². The molecule has 4 atom stereocenters. The minimum absolute atomic E-state index is 0.176. The first-order chi connectivity index (χ1) is 11.5. The van der Waals surface area contributed by atoms with Crippen molar-refractivity contribution in [1.29, 1.82) is 0 Å². The number of aliphatic hydroxyl groups excluding tert-OH is 2. The maximum absolute atomic E-state index is 10.3. The largest absolute Gasteiger partial charge is 0.387 e. The lowest BCUT2D eigenvalue weighted by Crippen LogP contribution is -2.33. The third-order valence-electron chi connectivity index (χ3n) is 3.72. The van der Waals surface area contributed by atoms with E-state index in [-0.39, 0.29) is 12.4 Å². The van der Waals surface area contributed by atoms with Gasteiger partial charge in [-0.2, -0.15) is 0 Å². The van der Waals surface area contributed by atoms with Crippen LogP contribution in [0.4, 0.5) is 5.82 Å². The summed E-state index contributed by atoms with van der Waals surface area (Å²) in [5.41, 5.74) is 6.63. The Labute approximate surface area is 143 Å². The van der Waals surface area contributed by atoms with Gasteiger partial charge in [-0.3, -0.25) is 4.57 Å². The minimum Gasteiger partial charge on any atom is -0.387 e. The fraction of sp³-hybridized carbons (Fsp3) is 0.643. The standard InChI is InChI=1S/C14H21N5O4S/c1-7(2)4-24-22-3-8-10(20)11(21)14(23-8)19-6-18-9-12(15)16-5-17-13(9)19/h5-8,10-11,14,20-21H,3-4H2,1-2H3,(H2,15,16,17)/t8-,10-,11-,14-/m1/s1. The molecule has 0 amide bonds. The number of rotatable bonds is 6. The molecule has 24 heavy (non-hydrogen) atoms. The zero-order valence-electron chi connectivity index (χ0n) is 13.4. The monoisotopic (exact) mass is 355 g/mol. The number of nitrogens with two attached hydrogens (primary N) is 1. The Hall–Kier alpha value is -1.46. The third kappa shape index (κ3) is 3.33. The lowest BCUT2D eigenvalue weighted by Gasteiger charge is -2.16. The number of ether oxygens (including phenoxy) is 1. The van der Waals surface area contributed by atoms with E-state index in [0.717, 1.165) is 5.75 Å². The Morgan fingerprint density at radius 2 is 2.12 bits per heavy atom. The molecule has 9 nitrogen and oxygen atoms in total. The summed E-state index contributed by atoms with van der Waals surface area (Å²) in [7, 11) is 0. The van der Waals surface area contributed by atoms with Crippen LogP contribution in [0.15, 0.2) is 12.7 Å². The SMILES string of the molecule is CC(C)CSOC[C@H]1O[C@@H](n2cnc3c(N)ncnc32)[C@H](O)[C@@H]1O. The fourth-order valence-corrected chi connectivity index (χ4v) is 3.05. The fourth-order valence-electron chi connectivity index (χ4n) is 2.45. The van der Waals surface area contributed by atoms with Crippen LogP contribution < -0.4 is 5.73 Å². The number of fused-ring (bicyclic) bond motifs is 1. The molecule has 10 heteroatoms. The van der Waals surface area contributed by atoms with Crippen molar-refractivity contribution in [2.45, 2.75) is 38.4 Å². The second-order valence-corrected chi connectivity index (χ2v) is 6.90. The van der Waals surface area contributed by atoms with Gasteiger partial charge in [0.25, 0.3) is 0 Å². The Balaban J connectivity index is 1.71. The topological polar surface area (TPSA) is 129 Å². The minimum atomic E-state index is -1.12. The van der Waals surface area contributed by atoms with Crippen LogP contribution in [0.25, 0.3) is 11.2 Å². The molecule has 0 spiro atoms. The molecule has 1 aliphatic rings. The number of nitrogens with zero attached hydrogens (tertiary/aromatic N) is 4. The van der Waals surface area contributed by atoms with E-state index < -0.39 is 24.5 Å². The highest BCUT2D eigenvalue weighted by molar-refractivity contribution is 7.94. The number of hydrogen-bond acceptors (Lipinski definition) is 9. The Morgan fingerprint density at radius 1 is 1.33 bits per heavy atom. The van der Waals surface area contributed by atoms with Gasteiger partial charge in [0.2, 0.25) is 0 Å². The van der Waals surface area contributed by atoms with Crippen molar-refractivity contribution in [1.82, 2.24) is 19.5 Å². The van der Waals surface area contributed by atoms with Gasteiger partial charge >= 0.3 is 0 Å². The van der Waals surface area contributed by atoms with E-state index in [1.54, 1.807) is 4.57 Å². The number of aromatic nitrogens is 4. The van der Waals surface area contributed by atoms with Gasteiger partial charge < -0.3 is 24.9 Å². The number of imidazole rings is 1. The van der Waals surface area contributed by atoms with E-state index in [1.807, 2.05) is 0 Å². The molecular formula is C14H21N5O4S. The van der Waals surface area contributed by atoms with Crippen molar-refractivity contribution in [3.8, 4) is 0 Å². The highest BCUT2D eigenvalue weighted by atomic mass is 32.2. The lowest BCUT2D eigenvalue weighted by atomic mass is 10.1. The van der Waals surface area contributed by atoms with Crippen LogP contribution in [0.2, 0.25) is 0 Å². The molecule has 0 aromatic carbocycles. The molecule has 0 radical (unpaired) electrons. The van der Waals surface area contributed by atoms with Crippen LogP contribution >= 0.6 is 12.0 Å². The van der Waals surface area contributed by atoms with Gasteiger partial charge in [-0.1, -0.05) is 13.8 Å². The van der Waals surface area contributed by atoms with Crippen LogP contribution in [0.5, 0.6) is 0 Å². The third-order valence-corrected chi connectivity index (χ3v) is 4.82. The summed E-state index contributed by atoms with van der Waals surface area (Å²) < 4.78 is 12.8. The zero-order chi connectivity index (χ0) is 17.3. The van der Waals surface area contributed by atoms with Gasteiger partial charge in [0.1, 0.15) is 30.2 Å². The van der Waals surface area contributed by atoms with Crippen LogP contribution in [0.3, 0.4) is 0 Å². The van der Waals surface area contributed by atoms with Gasteiger partial charge in [-0.15, -0.1) is 0 Å². The molecule has 2 aromatic rings. The van der Waals surface area contributed by atoms with Crippen molar-refractivity contribution in [2.24, 2.45) is 5.92 Å². The van der Waals surface area contributed by atoms with Gasteiger partial charge in [-0.05, 0) is 18.0 Å². The molecule has 3 heterocycles. The number of anilines is 1. The Kier molecular flexibility index (Phi) is 5.21. The summed E-state index contributed by atoms with van der Waals surface area (Å²) in [6, 6.07) is 0. The molecule has 1 saturated heterocycles. The normalized spacial score (nSPS) is 27.4. The first kappa shape index (κ1) is 17.4. The maximum Gasteiger partial charge on any atom is 0.167 e. The van der Waals surface area contributed by atoms with Gasteiger partial charge in [0.05, 0.1) is 12.9 Å². The molecule has 132 valence electrons. The van der Waals surface area contributed by atoms with Crippen molar-refractivity contribution in [2.75, 3.05) is 18.1 Å². The van der Waals surface area contributed by atoms with E-state index in [2.05, 4.69) is 28.8 Å².